The summed E-state index contributed by atoms with van der Waals surface area (Å²) >= 11 is 2.88. The maximum atomic E-state index is 12.5. The molecule has 1 aromatic carbocycles. The van der Waals surface area contributed by atoms with Gasteiger partial charge in [0, 0.05) is 0 Å². The molecule has 0 fully saturated rings. The van der Waals surface area contributed by atoms with E-state index < -0.39 is 11.8 Å². The van der Waals surface area contributed by atoms with Crippen LogP contribution in [0.15, 0.2) is 22.7 Å². The molecule has 0 bridgehead atoms. The van der Waals surface area contributed by atoms with Crippen molar-refractivity contribution in [2.24, 2.45) is 0 Å². The topological polar surface area (TPSA) is 37.3 Å². The van der Waals surface area contributed by atoms with Crippen LogP contribution in [0.2, 0.25) is 0 Å². The summed E-state index contributed by atoms with van der Waals surface area (Å²) in [5.74, 6) is -1.53. The second-order valence-electron chi connectivity index (χ2n) is 1.93. The number of halogens is 2. The molecule has 0 saturated carbocycles. The standard InChI is InChI=1S/C7H4BrFO2.C2H6/c8-5-3-4(7(10)11)1-2-6(5)9;1-2/h1-3H,(H,10,11);1-2H3. The van der Waals surface area contributed by atoms with Crippen molar-refractivity contribution in [3.63, 3.8) is 0 Å². The molecule has 0 spiro atoms. The Labute approximate surface area is 84.5 Å². The van der Waals surface area contributed by atoms with E-state index in [0.717, 1.165) is 6.07 Å². The number of carboxylic acid groups (broad SMARTS) is 1. The van der Waals surface area contributed by atoms with Gasteiger partial charge in [0.05, 0.1) is 10.0 Å². The highest BCUT2D eigenvalue weighted by Gasteiger charge is 2.05. The maximum absolute atomic E-state index is 12.5. The predicted molar refractivity (Wildman–Crippen MR) is 52.4 cm³/mol. The fraction of sp³-hybridized carbons (Fsp3) is 0.222. The van der Waals surface area contributed by atoms with Crippen molar-refractivity contribution in [3.05, 3.63) is 34.1 Å². The summed E-state index contributed by atoms with van der Waals surface area (Å²) in [5, 5.41) is 8.46. The average Bonchev–Trinajstić information content (AvgIpc) is 2.13. The van der Waals surface area contributed by atoms with E-state index >= 15 is 0 Å². The van der Waals surface area contributed by atoms with Crippen LogP contribution in [-0.2, 0) is 0 Å². The molecule has 0 unspecified atom stereocenters. The van der Waals surface area contributed by atoms with Crippen LogP contribution in [0, 0.1) is 5.82 Å². The molecule has 0 aliphatic rings. The number of hydrogen-bond donors (Lipinski definition) is 1. The number of hydrogen-bond acceptors (Lipinski definition) is 1. The molecule has 1 N–H and O–H groups in total. The zero-order valence-electron chi connectivity index (χ0n) is 7.34. The zero-order chi connectivity index (χ0) is 10.4. The molecule has 2 nitrogen and oxygen atoms in total. The maximum Gasteiger partial charge on any atom is 0.335 e. The van der Waals surface area contributed by atoms with Gasteiger partial charge in [0.1, 0.15) is 5.82 Å². The first kappa shape index (κ1) is 12.1. The van der Waals surface area contributed by atoms with E-state index in [1.165, 1.54) is 12.1 Å². The molecule has 1 rings (SSSR count). The van der Waals surface area contributed by atoms with Gasteiger partial charge in [0.2, 0.25) is 0 Å². The van der Waals surface area contributed by atoms with Crippen LogP contribution in [0.5, 0.6) is 0 Å². The largest absolute Gasteiger partial charge is 0.478 e. The molecule has 0 aromatic heterocycles. The quantitative estimate of drug-likeness (QED) is 0.828. The van der Waals surface area contributed by atoms with Crippen LogP contribution in [0.3, 0.4) is 0 Å². The van der Waals surface area contributed by atoms with Crippen LogP contribution >= 0.6 is 15.9 Å². The van der Waals surface area contributed by atoms with Crippen molar-refractivity contribution < 1.29 is 14.3 Å². The Hall–Kier alpha value is -0.900. The first-order valence-electron chi connectivity index (χ1n) is 3.79. The van der Waals surface area contributed by atoms with Gasteiger partial charge in [-0.2, -0.15) is 0 Å². The lowest BCUT2D eigenvalue weighted by Crippen LogP contribution is -1.95. The molecule has 0 aliphatic heterocycles. The number of carboxylic acids is 1. The number of carbonyl (C=O) groups is 1. The van der Waals surface area contributed by atoms with Crippen molar-refractivity contribution >= 4 is 21.9 Å². The molecule has 0 saturated heterocycles. The van der Waals surface area contributed by atoms with Crippen molar-refractivity contribution in [1.29, 1.82) is 0 Å². The SMILES string of the molecule is CC.O=C(O)c1ccc(F)c(Br)c1. The normalized spacial score (nSPS) is 8.62. The third kappa shape index (κ3) is 3.55. The fourth-order valence-electron chi connectivity index (χ4n) is 0.629. The van der Waals surface area contributed by atoms with E-state index in [2.05, 4.69) is 15.9 Å². The molecule has 13 heavy (non-hydrogen) atoms. The Kier molecular flexibility index (Phi) is 5.30. The second-order valence-corrected chi connectivity index (χ2v) is 2.79. The minimum absolute atomic E-state index is 0.0678. The third-order valence-electron chi connectivity index (χ3n) is 1.17. The Morgan fingerprint density at radius 1 is 1.46 bits per heavy atom. The second kappa shape index (κ2) is 5.70. The first-order valence-corrected chi connectivity index (χ1v) is 4.59. The lowest BCUT2D eigenvalue weighted by Gasteiger charge is -1.95. The Balaban J connectivity index is 0.000000671. The number of rotatable bonds is 1. The summed E-state index contributed by atoms with van der Waals surface area (Å²) in [6.45, 7) is 4.00. The number of aromatic carboxylic acids is 1. The van der Waals surface area contributed by atoms with Crippen LogP contribution in [-0.4, -0.2) is 11.1 Å². The Bertz CT molecular complexity index is 300. The van der Waals surface area contributed by atoms with E-state index in [1.54, 1.807) is 0 Å². The van der Waals surface area contributed by atoms with E-state index in [4.69, 9.17) is 5.11 Å². The van der Waals surface area contributed by atoms with Gasteiger partial charge in [-0.05, 0) is 34.1 Å². The summed E-state index contributed by atoms with van der Waals surface area (Å²) in [5.41, 5.74) is 0.0678. The molecule has 4 heteroatoms. The molecule has 0 radical (unpaired) electrons. The monoisotopic (exact) mass is 248 g/mol. The first-order chi connectivity index (χ1) is 6.11. The van der Waals surface area contributed by atoms with Crippen molar-refractivity contribution in [2.75, 3.05) is 0 Å². The van der Waals surface area contributed by atoms with Crippen LogP contribution in [0.1, 0.15) is 24.2 Å². The minimum Gasteiger partial charge on any atom is -0.478 e. The van der Waals surface area contributed by atoms with Gasteiger partial charge in [0.25, 0.3) is 0 Å². The molecule has 72 valence electrons. The lowest BCUT2D eigenvalue weighted by molar-refractivity contribution is 0.0697. The average molecular weight is 249 g/mol. The van der Waals surface area contributed by atoms with Crippen molar-refractivity contribution in [1.82, 2.24) is 0 Å². The molecule has 0 atom stereocenters. The third-order valence-corrected chi connectivity index (χ3v) is 1.77. The van der Waals surface area contributed by atoms with E-state index in [9.17, 15) is 9.18 Å². The van der Waals surface area contributed by atoms with Gasteiger partial charge in [-0.25, -0.2) is 9.18 Å². The van der Waals surface area contributed by atoms with E-state index in [1.807, 2.05) is 13.8 Å². The lowest BCUT2D eigenvalue weighted by atomic mass is 10.2. The highest BCUT2D eigenvalue weighted by molar-refractivity contribution is 9.10. The van der Waals surface area contributed by atoms with E-state index in [0.29, 0.717) is 0 Å². The van der Waals surface area contributed by atoms with Crippen LogP contribution in [0.25, 0.3) is 0 Å². The summed E-state index contributed by atoms with van der Waals surface area (Å²) in [6, 6.07) is 3.54. The van der Waals surface area contributed by atoms with Gasteiger partial charge >= 0.3 is 5.97 Å². The fourth-order valence-corrected chi connectivity index (χ4v) is 1.01. The molecule has 0 heterocycles. The Morgan fingerprint density at radius 2 is 2.00 bits per heavy atom. The Morgan fingerprint density at radius 3 is 2.38 bits per heavy atom. The zero-order valence-corrected chi connectivity index (χ0v) is 8.93. The van der Waals surface area contributed by atoms with Gasteiger partial charge in [0.15, 0.2) is 0 Å². The summed E-state index contributed by atoms with van der Waals surface area (Å²) in [6.07, 6.45) is 0. The summed E-state index contributed by atoms with van der Waals surface area (Å²) < 4.78 is 12.7. The minimum atomic E-state index is -1.06. The molecular weight excluding hydrogens is 239 g/mol. The van der Waals surface area contributed by atoms with Gasteiger partial charge in [-0.15, -0.1) is 0 Å². The van der Waals surface area contributed by atoms with Gasteiger partial charge < -0.3 is 5.11 Å². The number of benzene rings is 1. The van der Waals surface area contributed by atoms with Gasteiger partial charge in [-0.3, -0.25) is 0 Å². The molecule has 0 amide bonds. The smallest absolute Gasteiger partial charge is 0.335 e. The highest BCUT2D eigenvalue weighted by Crippen LogP contribution is 2.16. The highest BCUT2D eigenvalue weighted by atomic mass is 79.9. The molecule has 1 aromatic rings. The van der Waals surface area contributed by atoms with Crippen LogP contribution in [0.4, 0.5) is 4.39 Å². The van der Waals surface area contributed by atoms with Crippen molar-refractivity contribution in [2.45, 2.75) is 13.8 Å². The predicted octanol–water partition coefficient (Wildman–Crippen LogP) is 3.31. The van der Waals surface area contributed by atoms with Gasteiger partial charge in [-0.1, -0.05) is 13.8 Å². The van der Waals surface area contributed by atoms with Crippen molar-refractivity contribution in [3.8, 4) is 0 Å². The van der Waals surface area contributed by atoms with E-state index in [-0.39, 0.29) is 10.0 Å². The summed E-state index contributed by atoms with van der Waals surface area (Å²) in [4.78, 5) is 10.3. The molecule has 0 aliphatic carbocycles. The summed E-state index contributed by atoms with van der Waals surface area (Å²) in [7, 11) is 0. The molecular formula is C9H10BrFO2. The van der Waals surface area contributed by atoms with Crippen LogP contribution < -0.4 is 0 Å².